The van der Waals surface area contributed by atoms with Crippen molar-refractivity contribution in [3.8, 4) is 70.8 Å². The Morgan fingerprint density at radius 2 is 0.798 bits per heavy atom. The van der Waals surface area contributed by atoms with Crippen LogP contribution >= 0.6 is 34.0 Å². The van der Waals surface area contributed by atoms with Gasteiger partial charge in [-0.15, -0.1) is 41.9 Å². The fraction of sp³-hybridized carbons (Fsp3) is 0.517. The van der Waals surface area contributed by atoms with Crippen LogP contribution < -0.4 is 30.7 Å². The number of rotatable bonds is 21. The maximum Gasteiger partial charge on any atom is 0.252 e. The summed E-state index contributed by atoms with van der Waals surface area (Å²) >= 11 is 4.13. The Balaban J connectivity index is 0.000000155. The number of halogens is 2. The number of likely N-dealkylation sites (N-methyl/N-ethyl adjacent to an activating group) is 3. The molecule has 9 aliphatic rings. The van der Waals surface area contributed by atoms with Gasteiger partial charge in [-0.05, 0) is 101 Å². The van der Waals surface area contributed by atoms with Gasteiger partial charge in [-0.3, -0.25) is 43.2 Å². The molecule has 3 N–H and O–H groups in total. The Kier molecular flexibility index (Phi) is 27.9. The molecule has 6 amide bonds. The molecule has 12 atom stereocenters. The second-order valence-electron chi connectivity index (χ2n) is 33.2. The maximum absolute atomic E-state index is 15.2. The lowest BCUT2D eigenvalue weighted by molar-refractivity contribution is -0.138. The number of hydrogen-bond donors (Lipinski definition) is 3. The van der Waals surface area contributed by atoms with Crippen LogP contribution in [0.2, 0.25) is 0 Å². The van der Waals surface area contributed by atoms with Gasteiger partial charge in [0.05, 0.1) is 29.1 Å². The Labute approximate surface area is 705 Å². The number of anilines is 3. The van der Waals surface area contributed by atoms with Crippen LogP contribution in [0.3, 0.4) is 0 Å². The van der Waals surface area contributed by atoms with E-state index >= 15 is 4.39 Å². The summed E-state index contributed by atoms with van der Waals surface area (Å²) in [6, 6.07) is 13.4. The van der Waals surface area contributed by atoms with Crippen LogP contribution in [0.5, 0.6) is 0 Å². The normalized spacial score (nSPS) is 23.9. The van der Waals surface area contributed by atoms with Crippen LogP contribution in [0, 0.1) is 83.5 Å². The van der Waals surface area contributed by atoms with Gasteiger partial charge >= 0.3 is 0 Å². The van der Waals surface area contributed by atoms with Crippen LogP contribution in [0.1, 0.15) is 91.9 Å². The highest BCUT2D eigenvalue weighted by Crippen LogP contribution is 2.39. The summed E-state index contributed by atoms with van der Waals surface area (Å²) in [4.78, 5) is 150. The first-order chi connectivity index (χ1) is 57.1. The number of ether oxygens (including phenoxy) is 3. The van der Waals surface area contributed by atoms with Gasteiger partial charge in [0.1, 0.15) is 85.9 Å². The Bertz CT molecular complexity index is 4860. The van der Waals surface area contributed by atoms with E-state index in [0.29, 0.717) is 52.3 Å². The quantitative estimate of drug-likeness (QED) is 0.0633. The Morgan fingerprint density at radius 1 is 0.462 bits per heavy atom. The van der Waals surface area contributed by atoms with Crippen LogP contribution in [0.25, 0.3) is 33.8 Å². The number of benzene rings is 3. The monoisotopic (exact) mass is 1680 g/mol. The number of amides is 6. The van der Waals surface area contributed by atoms with Crippen molar-refractivity contribution in [2.24, 2.45) is 35.5 Å². The van der Waals surface area contributed by atoms with Gasteiger partial charge in [0.15, 0.2) is 32.7 Å². The number of fused-ring (bicyclic) bond motifs is 3. The van der Waals surface area contributed by atoms with Gasteiger partial charge in [0, 0.05) is 142 Å². The van der Waals surface area contributed by atoms with E-state index in [2.05, 4.69) is 94.2 Å². The van der Waals surface area contributed by atoms with Gasteiger partial charge in [-0.2, -0.15) is 4.39 Å². The van der Waals surface area contributed by atoms with Crippen molar-refractivity contribution in [1.82, 2.24) is 60.3 Å². The first kappa shape index (κ1) is 86.9. The first-order valence-electron chi connectivity index (χ1n) is 40.6. The smallest absolute Gasteiger partial charge is 0.252 e. The fourth-order valence-electron chi connectivity index (χ4n) is 16.6. The number of terminal acetylenes is 3. The summed E-state index contributed by atoms with van der Waals surface area (Å²) in [6.45, 7) is 23.2. The molecule has 27 nitrogen and oxygen atoms in total. The molecule has 0 saturated carbocycles. The Hall–Kier alpha value is -9.92. The van der Waals surface area contributed by atoms with Gasteiger partial charge in [-0.1, -0.05) is 94.9 Å². The highest BCUT2D eigenvalue weighted by atomic mass is 32.1. The minimum Gasteiger partial charge on any atom is -0.366 e. The van der Waals surface area contributed by atoms with Gasteiger partial charge in [0.2, 0.25) is 22.9 Å². The van der Waals surface area contributed by atoms with Crippen molar-refractivity contribution in [3.05, 3.63) is 105 Å². The molecule has 12 heterocycles. The SMILES string of the molecule is C#C[C@@H]1CN(C(=O)[C@H](CC(C)C)NC(=O)c2ccc(-c3csc(N4CCN(C)CC4)n3)c(F)c2)[C@@H]2C(=O)CO[C@H]12.C#C[C@@H]1CN(C(=O)[C@H](CC(C)C)NC(=O)c2ccc(-c3csc(N4CCN(C)CC4)n3)cc2)[C@@H]2C(=O)CO[C@H]12.C#C[C@@H]1CN(C(=O)[C@H](CC(C)C)NC(=O)c2ccc(-c3nc(N4CCN(C)CC4)sc3F)cc2)[C@@H]2C(=O)CO[C@H]12. The molecule has 9 fully saturated rings. The van der Waals surface area contributed by atoms with E-state index in [1.165, 1.54) is 38.2 Å². The number of nitrogens with zero attached hydrogens (tertiary/aromatic N) is 12. The van der Waals surface area contributed by atoms with Gasteiger partial charge < -0.3 is 74.3 Å². The minimum atomic E-state index is -0.898. The number of thiazole rings is 3. The molecule has 0 unspecified atom stereocenters. The van der Waals surface area contributed by atoms with Crippen molar-refractivity contribution in [3.63, 3.8) is 0 Å². The molecular formula is C87H103F2N15O12S3. The summed E-state index contributed by atoms with van der Waals surface area (Å²) in [5.41, 5.74) is 4.36. The second-order valence-corrected chi connectivity index (χ2v) is 35.8. The number of likely N-dealkylation sites (tertiary alicyclic amines) is 3. The molecule has 6 aromatic rings. The second kappa shape index (κ2) is 38.2. The highest BCUT2D eigenvalue weighted by Gasteiger charge is 2.56. The van der Waals surface area contributed by atoms with E-state index in [-0.39, 0.29) is 132 Å². The topological polar surface area (TPSA) is 285 Å². The predicted molar refractivity (Wildman–Crippen MR) is 452 cm³/mol. The largest absolute Gasteiger partial charge is 0.366 e. The number of carbonyl (C=O) groups is 9. The van der Waals surface area contributed by atoms with Crippen LogP contribution in [-0.2, 0) is 43.0 Å². The minimum absolute atomic E-state index is 0.0410. The van der Waals surface area contributed by atoms with E-state index in [1.807, 2.05) is 64.4 Å². The third kappa shape index (κ3) is 19.8. The molecule has 15 rings (SSSR count). The van der Waals surface area contributed by atoms with E-state index in [9.17, 15) is 47.5 Å². The lowest BCUT2D eigenvalue weighted by Gasteiger charge is -2.32. The lowest BCUT2D eigenvalue weighted by Crippen LogP contribution is -2.52. The third-order valence-corrected chi connectivity index (χ3v) is 25.9. The molecule has 0 radical (unpaired) electrons. The van der Waals surface area contributed by atoms with Gasteiger partial charge in [0.25, 0.3) is 17.7 Å². The number of Topliss-reactive ketones (excluding diaryl/α,β-unsaturated/α-hetero) is 3. The molecule has 9 aliphatic heterocycles. The molecule has 0 spiro atoms. The number of aromatic nitrogens is 3. The average Bonchev–Trinajstić information content (AvgIpc) is 1.62. The zero-order valence-electron chi connectivity index (χ0n) is 68.5. The number of carbonyl (C=O) groups excluding carboxylic acids is 9. The molecule has 0 bridgehead atoms. The van der Waals surface area contributed by atoms with Crippen molar-refractivity contribution in [2.75, 3.05) is 154 Å². The zero-order chi connectivity index (χ0) is 84.8. The maximum atomic E-state index is 15.2. The summed E-state index contributed by atoms with van der Waals surface area (Å²) in [7, 11) is 6.28. The number of ketones is 3. The molecule has 32 heteroatoms. The van der Waals surface area contributed by atoms with Crippen LogP contribution in [0.15, 0.2) is 77.5 Å². The molecule has 119 heavy (non-hydrogen) atoms. The summed E-state index contributed by atoms with van der Waals surface area (Å²) in [5.74, 6) is 3.72. The molecule has 630 valence electrons. The van der Waals surface area contributed by atoms with E-state index in [0.717, 1.165) is 111 Å². The summed E-state index contributed by atoms with van der Waals surface area (Å²) in [5, 5.41) is 14.6. The number of piperazine rings is 3. The molecule has 0 aliphatic carbocycles. The number of nitrogens with one attached hydrogen (secondary N) is 3. The molecule has 3 aromatic heterocycles. The van der Waals surface area contributed by atoms with E-state index in [1.54, 1.807) is 53.8 Å². The lowest BCUT2D eigenvalue weighted by atomic mass is 10.0. The van der Waals surface area contributed by atoms with Crippen molar-refractivity contribution in [2.45, 2.75) is 115 Å². The van der Waals surface area contributed by atoms with Gasteiger partial charge in [-0.25, -0.2) is 19.3 Å². The molecular weight excluding hydrogens is 1580 g/mol. The zero-order valence-corrected chi connectivity index (χ0v) is 70.9. The first-order valence-corrected chi connectivity index (χ1v) is 43.2. The Morgan fingerprint density at radius 3 is 1.16 bits per heavy atom. The van der Waals surface area contributed by atoms with Crippen LogP contribution in [-0.4, -0.2) is 291 Å². The molecule has 3 aromatic carbocycles. The average molecular weight is 1690 g/mol. The van der Waals surface area contributed by atoms with Crippen molar-refractivity contribution < 1.29 is 66.1 Å². The van der Waals surface area contributed by atoms with Crippen molar-refractivity contribution >= 4 is 102 Å². The summed E-state index contributed by atoms with van der Waals surface area (Å²) < 4.78 is 46.8. The summed E-state index contributed by atoms with van der Waals surface area (Å²) in [6.07, 6.45) is 16.6. The highest BCUT2D eigenvalue weighted by molar-refractivity contribution is 7.14. The van der Waals surface area contributed by atoms with Crippen molar-refractivity contribution in [1.29, 1.82) is 0 Å². The third-order valence-electron chi connectivity index (χ3n) is 23.2. The van der Waals surface area contributed by atoms with E-state index < -0.39 is 72.2 Å². The number of hydrogen-bond acceptors (Lipinski definition) is 24. The van der Waals surface area contributed by atoms with Crippen LogP contribution in [0.4, 0.5) is 24.2 Å². The fourth-order valence-corrected chi connectivity index (χ4v) is 19.2. The predicted octanol–water partition coefficient (Wildman–Crippen LogP) is 6.68. The standard InChI is InChI=1S/2C29H34FN5O4S.C29H35N5O4S/c1-5-18-15-35(24-22(36)16-39-25(18)24)28(38)21(14-17(2)3)31-27(37)20-8-6-19(7-9-20)23-26(30)40-29(32-23)34-12-10-33(4)11-13-34;1-5-18-14-35(25-24(36)15-39-26(18)25)28(38)22(12-17(2)3)31-27(37)19-6-7-20(21(30)13-19)23-16-40-29(32-23)34-10-8-33(4)9-11-34;1-5-19-15-34(25-24(35)16-38-26(19)25)28(37)22(14-18(2)3)30-27(36)21-8-6-20(7-9-21)23-17-39-29(31-23)33-12-10-32(4)11-13-33/h1,6-9,17-18,21,24-25H,10-16H2,2-4H3,(H,31,37);1,6-7,13,16-18,22,25-26H,8-12,14-15H2,2-4H3,(H,31,37);1,6-9,17-19,22,25-26H,10-16H2,2-4H3,(H,30,36)/t18-,21+,24-,25-;18-,22+,25-,26-;19-,22+,25-,26-/m111/s1. The van der Waals surface area contributed by atoms with E-state index in [4.69, 9.17) is 38.5 Å². The molecule has 9 saturated heterocycles.